The van der Waals surface area contributed by atoms with Crippen LogP contribution in [0.2, 0.25) is 0 Å². The predicted octanol–water partition coefficient (Wildman–Crippen LogP) is 0.338. The Morgan fingerprint density at radius 3 is 3.04 bits per heavy atom. The minimum absolute atomic E-state index is 0.133. The molecule has 0 radical (unpaired) electrons. The van der Waals surface area contributed by atoms with Crippen LogP contribution < -0.4 is 5.73 Å². The van der Waals surface area contributed by atoms with Crippen LogP contribution in [0.4, 0.5) is 11.5 Å². The molecule has 0 aliphatic carbocycles. The summed E-state index contributed by atoms with van der Waals surface area (Å²) in [6.45, 7) is 7.06. The second-order valence-electron chi connectivity index (χ2n) is 5.38. The number of fused-ring (bicyclic) bond motifs is 2. The summed E-state index contributed by atoms with van der Waals surface area (Å²) >= 11 is 0. The number of phosphoric ester groups is 1. The van der Waals surface area contributed by atoms with Crippen LogP contribution in [0, 0.1) is 6.57 Å². The number of phosphoric acid groups is 1. The lowest BCUT2D eigenvalue weighted by Crippen LogP contribution is -2.39. The number of aliphatic hydroxyl groups excluding tert-OH is 1. The molecule has 2 aliphatic rings. The standard InChI is InChI=1S/C12H12N5O6P/c1-14-5-2-17(11-7(5)10(13)15-4-16-11)12-8(18)9-6(22-12)3-21-24(19,20)23-9/h2,4,6,8-9,12,18H,3H2,(H,19,20)(H2,13,15,16)/t6-,8-,9-,12-/m1/s1. The fourth-order valence-corrected chi connectivity index (χ4v) is 3.90. The van der Waals surface area contributed by atoms with Gasteiger partial charge in [0.15, 0.2) is 6.23 Å². The number of nitrogens with two attached hydrogens (primary N) is 1. The molecule has 2 aromatic heterocycles. The second-order valence-corrected chi connectivity index (χ2v) is 6.79. The van der Waals surface area contributed by atoms with Crippen molar-refractivity contribution in [1.82, 2.24) is 14.5 Å². The lowest BCUT2D eigenvalue weighted by Gasteiger charge is -2.27. The SMILES string of the molecule is [C-]#[N+]c1cn([C@@H]2O[C@@H]3COP(=O)(O)O[C@H]3[C@H]2O)c2ncnc(N)c12. The Balaban J connectivity index is 1.78. The van der Waals surface area contributed by atoms with Gasteiger partial charge in [-0.15, -0.1) is 0 Å². The van der Waals surface area contributed by atoms with E-state index >= 15 is 0 Å². The summed E-state index contributed by atoms with van der Waals surface area (Å²) in [5, 5.41) is 10.8. The molecule has 1 unspecified atom stereocenters. The molecule has 2 aliphatic heterocycles. The monoisotopic (exact) mass is 353 g/mol. The molecule has 11 nitrogen and oxygen atoms in total. The third-order valence-electron chi connectivity index (χ3n) is 3.98. The van der Waals surface area contributed by atoms with Crippen molar-refractivity contribution in [1.29, 1.82) is 0 Å². The Kier molecular flexibility index (Phi) is 3.36. The predicted molar refractivity (Wildman–Crippen MR) is 78.8 cm³/mol. The normalized spacial score (nSPS) is 35.7. The first kappa shape index (κ1) is 15.5. The van der Waals surface area contributed by atoms with Crippen molar-refractivity contribution < 1.29 is 28.3 Å². The third kappa shape index (κ3) is 2.21. The highest BCUT2D eigenvalue weighted by atomic mass is 31.2. The van der Waals surface area contributed by atoms with E-state index in [0.29, 0.717) is 11.0 Å². The van der Waals surface area contributed by atoms with E-state index in [2.05, 4.69) is 14.8 Å². The number of ether oxygens (including phenoxy) is 1. The van der Waals surface area contributed by atoms with Gasteiger partial charge in [-0.05, 0) is 0 Å². The molecular formula is C12H12N5O6P. The molecule has 2 aromatic rings. The molecular weight excluding hydrogens is 341 g/mol. The van der Waals surface area contributed by atoms with Crippen molar-refractivity contribution in [3.8, 4) is 0 Å². The first-order chi connectivity index (χ1) is 11.4. The van der Waals surface area contributed by atoms with Crippen LogP contribution in [0.3, 0.4) is 0 Å². The Bertz CT molecular complexity index is 909. The minimum Gasteiger partial charge on any atom is -0.386 e. The van der Waals surface area contributed by atoms with Gasteiger partial charge in [-0.2, -0.15) is 0 Å². The molecule has 24 heavy (non-hydrogen) atoms. The van der Waals surface area contributed by atoms with Gasteiger partial charge in [0.2, 0.25) is 5.69 Å². The number of nitrogens with zero attached hydrogens (tertiary/aromatic N) is 4. The second kappa shape index (κ2) is 5.22. The summed E-state index contributed by atoms with van der Waals surface area (Å²) in [5.74, 6) is 0.133. The molecule has 0 saturated carbocycles. The molecule has 2 saturated heterocycles. The molecule has 0 aromatic carbocycles. The van der Waals surface area contributed by atoms with E-state index in [-0.39, 0.29) is 18.1 Å². The maximum Gasteiger partial charge on any atom is 0.472 e. The Morgan fingerprint density at radius 2 is 2.29 bits per heavy atom. The largest absolute Gasteiger partial charge is 0.472 e. The fourth-order valence-electron chi connectivity index (χ4n) is 2.93. The van der Waals surface area contributed by atoms with Crippen molar-refractivity contribution in [3.63, 3.8) is 0 Å². The van der Waals surface area contributed by atoms with Gasteiger partial charge in [0, 0.05) is 6.20 Å². The maximum absolute atomic E-state index is 11.5. The van der Waals surface area contributed by atoms with Gasteiger partial charge in [0.25, 0.3) is 0 Å². The summed E-state index contributed by atoms with van der Waals surface area (Å²) in [7, 11) is -4.21. The van der Waals surface area contributed by atoms with Gasteiger partial charge >= 0.3 is 7.82 Å². The van der Waals surface area contributed by atoms with Gasteiger partial charge in [-0.3, -0.25) is 9.05 Å². The topological polar surface area (TPSA) is 146 Å². The first-order valence-corrected chi connectivity index (χ1v) is 8.38. The molecule has 12 heteroatoms. The number of rotatable bonds is 1. The lowest BCUT2D eigenvalue weighted by atomic mass is 10.1. The Labute approximate surface area is 135 Å². The summed E-state index contributed by atoms with van der Waals surface area (Å²) in [6, 6.07) is 0. The third-order valence-corrected chi connectivity index (χ3v) is 4.96. The van der Waals surface area contributed by atoms with E-state index < -0.39 is 32.4 Å². The number of hydrogen-bond donors (Lipinski definition) is 3. The number of hydrogen-bond acceptors (Lipinski definition) is 8. The summed E-state index contributed by atoms with van der Waals surface area (Å²) in [6.07, 6.45) is -1.33. The Morgan fingerprint density at radius 1 is 1.50 bits per heavy atom. The van der Waals surface area contributed by atoms with Crippen molar-refractivity contribution in [2.24, 2.45) is 0 Å². The average molecular weight is 353 g/mol. The van der Waals surface area contributed by atoms with E-state index in [1.165, 1.54) is 17.1 Å². The zero-order valence-corrected chi connectivity index (χ0v) is 12.9. The fraction of sp³-hybridized carbons (Fsp3) is 0.417. The average Bonchev–Trinajstić information content (AvgIpc) is 3.06. The number of nitrogen functional groups attached to an aromatic ring is 1. The van der Waals surface area contributed by atoms with Crippen LogP contribution in [0.5, 0.6) is 0 Å². The van der Waals surface area contributed by atoms with Crippen molar-refractivity contribution in [2.75, 3.05) is 12.3 Å². The van der Waals surface area contributed by atoms with Crippen LogP contribution in [-0.4, -0.2) is 49.5 Å². The van der Waals surface area contributed by atoms with Crippen LogP contribution in [-0.2, 0) is 18.3 Å². The highest BCUT2D eigenvalue weighted by Gasteiger charge is 2.52. The van der Waals surface area contributed by atoms with E-state index in [0.717, 1.165) is 0 Å². The van der Waals surface area contributed by atoms with Crippen LogP contribution in [0.25, 0.3) is 15.9 Å². The molecule has 0 amide bonds. The van der Waals surface area contributed by atoms with Gasteiger partial charge in [-0.25, -0.2) is 19.4 Å². The van der Waals surface area contributed by atoms with Crippen LogP contribution >= 0.6 is 7.82 Å². The Hall–Kier alpha value is -2.06. The minimum atomic E-state index is -4.21. The summed E-state index contributed by atoms with van der Waals surface area (Å²) in [4.78, 5) is 20.7. The number of aromatic nitrogens is 3. The van der Waals surface area contributed by atoms with Crippen molar-refractivity contribution in [2.45, 2.75) is 24.5 Å². The molecule has 0 spiro atoms. The molecule has 2 fully saturated rings. The van der Waals surface area contributed by atoms with Gasteiger partial charge < -0.3 is 25.0 Å². The lowest BCUT2D eigenvalue weighted by molar-refractivity contribution is -0.0663. The van der Waals surface area contributed by atoms with Crippen LogP contribution in [0.1, 0.15) is 6.23 Å². The van der Waals surface area contributed by atoms with Crippen molar-refractivity contribution in [3.05, 3.63) is 23.9 Å². The summed E-state index contributed by atoms with van der Waals surface area (Å²) < 4.78 is 28.3. The van der Waals surface area contributed by atoms with E-state index in [4.69, 9.17) is 26.1 Å². The smallest absolute Gasteiger partial charge is 0.386 e. The van der Waals surface area contributed by atoms with E-state index in [9.17, 15) is 14.6 Å². The molecule has 4 heterocycles. The van der Waals surface area contributed by atoms with E-state index in [1.54, 1.807) is 0 Å². The number of aliphatic hydroxyl groups is 1. The van der Waals surface area contributed by atoms with Crippen molar-refractivity contribution >= 4 is 30.4 Å². The van der Waals surface area contributed by atoms with Gasteiger partial charge in [0.05, 0.1) is 18.6 Å². The highest BCUT2D eigenvalue weighted by molar-refractivity contribution is 7.47. The maximum atomic E-state index is 11.5. The van der Waals surface area contributed by atoms with Gasteiger partial charge in [0.1, 0.15) is 36.1 Å². The molecule has 5 atom stereocenters. The number of anilines is 1. The molecule has 4 rings (SSSR count). The zero-order valence-electron chi connectivity index (χ0n) is 12.0. The first-order valence-electron chi connectivity index (χ1n) is 6.89. The quantitative estimate of drug-likeness (QED) is 0.488. The van der Waals surface area contributed by atoms with E-state index in [1.807, 2.05) is 0 Å². The summed E-state index contributed by atoms with van der Waals surface area (Å²) in [5.41, 5.74) is 6.32. The zero-order chi connectivity index (χ0) is 17.1. The highest BCUT2D eigenvalue weighted by Crippen LogP contribution is 2.52. The molecule has 0 bridgehead atoms. The molecule has 4 N–H and O–H groups in total. The molecule has 126 valence electrons. The van der Waals surface area contributed by atoms with Crippen LogP contribution in [0.15, 0.2) is 12.5 Å². The van der Waals surface area contributed by atoms with Gasteiger partial charge in [-0.1, -0.05) is 0 Å².